The first kappa shape index (κ1) is 33.1. The van der Waals surface area contributed by atoms with Gasteiger partial charge in [-0.2, -0.15) is 0 Å². The van der Waals surface area contributed by atoms with E-state index in [9.17, 15) is 0 Å². The molecule has 0 N–H and O–H groups in total. The normalized spacial score (nSPS) is 11.5. The molecule has 3 nitrogen and oxygen atoms in total. The Bertz CT molecular complexity index is 3280. The first-order valence-electron chi connectivity index (χ1n) is 19.2. The maximum absolute atomic E-state index is 5.08. The van der Waals surface area contributed by atoms with Crippen LogP contribution in [0, 0.1) is 0 Å². The Kier molecular flexibility index (Phi) is 8.01. The fraction of sp³-hybridized carbons (Fsp3) is 0. The molecule has 0 fully saturated rings. The molecule has 266 valence electrons. The lowest BCUT2D eigenvalue weighted by atomic mass is 9.92. The van der Waals surface area contributed by atoms with Gasteiger partial charge in [0.05, 0.1) is 0 Å². The number of hydrogen-bond donors (Lipinski definition) is 0. The second-order valence-electron chi connectivity index (χ2n) is 14.4. The summed E-state index contributed by atoms with van der Waals surface area (Å²) in [6.45, 7) is 0. The molecule has 57 heavy (non-hydrogen) atoms. The van der Waals surface area contributed by atoms with Crippen molar-refractivity contribution in [1.82, 2.24) is 15.0 Å². The lowest BCUT2D eigenvalue weighted by Gasteiger charge is -2.12. The van der Waals surface area contributed by atoms with E-state index in [4.69, 9.17) is 15.0 Å². The minimum Gasteiger partial charge on any atom is -0.208 e. The van der Waals surface area contributed by atoms with E-state index in [1.807, 2.05) is 47.7 Å². The van der Waals surface area contributed by atoms with E-state index >= 15 is 0 Å². The van der Waals surface area contributed by atoms with Crippen LogP contribution >= 0.6 is 11.3 Å². The van der Waals surface area contributed by atoms with Gasteiger partial charge in [-0.25, -0.2) is 15.0 Å². The quantitative estimate of drug-likeness (QED) is 0.159. The molecule has 0 radical (unpaired) electrons. The minimum atomic E-state index is 0.637. The summed E-state index contributed by atoms with van der Waals surface area (Å²) in [5.74, 6) is 1.92. The van der Waals surface area contributed by atoms with E-state index in [2.05, 4.69) is 164 Å². The smallest absolute Gasteiger partial charge is 0.164 e. The van der Waals surface area contributed by atoms with Crippen molar-refractivity contribution in [3.63, 3.8) is 0 Å². The summed E-state index contributed by atoms with van der Waals surface area (Å²) < 4.78 is 2.64. The Morgan fingerprint density at radius 1 is 0.281 bits per heavy atom. The van der Waals surface area contributed by atoms with Crippen LogP contribution in [0.5, 0.6) is 0 Å². The lowest BCUT2D eigenvalue weighted by molar-refractivity contribution is 1.07. The van der Waals surface area contributed by atoms with E-state index in [-0.39, 0.29) is 0 Å². The zero-order chi connectivity index (χ0) is 37.7. The van der Waals surface area contributed by atoms with Crippen LogP contribution in [0.25, 0.3) is 109 Å². The van der Waals surface area contributed by atoms with Gasteiger partial charge >= 0.3 is 0 Å². The molecular weight excluding hydrogens is 711 g/mol. The molecule has 9 aromatic carbocycles. The number of aromatic nitrogens is 3. The van der Waals surface area contributed by atoms with Gasteiger partial charge in [-0.15, -0.1) is 11.3 Å². The lowest BCUT2D eigenvalue weighted by Crippen LogP contribution is -2.00. The van der Waals surface area contributed by atoms with Crippen LogP contribution in [-0.4, -0.2) is 15.0 Å². The largest absolute Gasteiger partial charge is 0.208 e. The van der Waals surface area contributed by atoms with Gasteiger partial charge in [-0.1, -0.05) is 182 Å². The summed E-state index contributed by atoms with van der Waals surface area (Å²) in [5, 5.41) is 7.85. The predicted octanol–water partition coefficient (Wildman–Crippen LogP) is 14.5. The highest BCUT2D eigenvalue weighted by Gasteiger charge is 2.18. The molecule has 0 unspecified atom stereocenters. The molecule has 0 aliphatic rings. The van der Waals surface area contributed by atoms with E-state index < -0.39 is 0 Å². The fourth-order valence-corrected chi connectivity index (χ4v) is 9.47. The van der Waals surface area contributed by atoms with Gasteiger partial charge in [-0.3, -0.25) is 0 Å². The number of fused-ring (bicyclic) bond motifs is 8. The van der Waals surface area contributed by atoms with Crippen molar-refractivity contribution in [1.29, 1.82) is 0 Å². The van der Waals surface area contributed by atoms with Crippen molar-refractivity contribution in [2.24, 2.45) is 0 Å². The summed E-state index contributed by atoms with van der Waals surface area (Å²) in [4.78, 5) is 15.1. The molecule has 0 amide bonds. The van der Waals surface area contributed by atoms with Gasteiger partial charge < -0.3 is 0 Å². The van der Waals surface area contributed by atoms with Crippen LogP contribution in [0.1, 0.15) is 0 Å². The number of rotatable bonds is 6. The van der Waals surface area contributed by atoms with Crippen LogP contribution in [0.2, 0.25) is 0 Å². The Hall–Kier alpha value is -7.27. The summed E-state index contributed by atoms with van der Waals surface area (Å²) in [7, 11) is 0. The first-order chi connectivity index (χ1) is 28.2. The molecule has 11 aromatic rings. The summed E-state index contributed by atoms with van der Waals surface area (Å²) in [6, 6.07) is 70.9. The van der Waals surface area contributed by atoms with Crippen molar-refractivity contribution in [2.75, 3.05) is 0 Å². The third kappa shape index (κ3) is 5.86. The maximum Gasteiger partial charge on any atom is 0.164 e. The molecule has 2 heterocycles. The SMILES string of the molecule is c1ccc(-c2ccc(-c3nc(-c4ccccc4)nc(-c4cccc(-c5cccc(-c6cccc7sc8c9ccccc9c9ccccc9c8c67)c5)c4)n3)cc2)cc1. The molecule has 2 aromatic heterocycles. The highest BCUT2D eigenvalue weighted by Crippen LogP contribution is 2.47. The number of benzene rings is 9. The molecular formula is C53H33N3S. The van der Waals surface area contributed by atoms with Crippen LogP contribution in [0.3, 0.4) is 0 Å². The summed E-state index contributed by atoms with van der Waals surface area (Å²) >= 11 is 1.89. The highest BCUT2D eigenvalue weighted by atomic mass is 32.1. The Labute approximate surface area is 334 Å². The molecule has 0 spiro atoms. The second-order valence-corrected chi connectivity index (χ2v) is 15.4. The highest BCUT2D eigenvalue weighted by molar-refractivity contribution is 7.27. The average molecular weight is 744 g/mol. The maximum atomic E-state index is 5.08. The Morgan fingerprint density at radius 2 is 0.719 bits per heavy atom. The Balaban J connectivity index is 1.02. The van der Waals surface area contributed by atoms with Crippen molar-refractivity contribution in [3.8, 4) is 67.5 Å². The zero-order valence-electron chi connectivity index (χ0n) is 30.8. The second kappa shape index (κ2) is 13.8. The van der Waals surface area contributed by atoms with Crippen molar-refractivity contribution in [3.05, 3.63) is 200 Å². The molecule has 0 saturated heterocycles. The number of nitrogens with zero attached hydrogens (tertiary/aromatic N) is 3. The van der Waals surface area contributed by atoms with Gasteiger partial charge in [0.25, 0.3) is 0 Å². The van der Waals surface area contributed by atoms with Crippen molar-refractivity contribution < 1.29 is 0 Å². The third-order valence-electron chi connectivity index (χ3n) is 10.9. The molecule has 0 atom stereocenters. The first-order valence-corrected chi connectivity index (χ1v) is 20.0. The average Bonchev–Trinajstić information content (AvgIpc) is 3.70. The molecule has 11 rings (SSSR count). The van der Waals surface area contributed by atoms with Gasteiger partial charge in [-0.05, 0) is 67.7 Å². The Morgan fingerprint density at radius 3 is 1.40 bits per heavy atom. The van der Waals surface area contributed by atoms with Crippen molar-refractivity contribution >= 4 is 53.1 Å². The molecule has 0 aliphatic carbocycles. The number of hydrogen-bond acceptors (Lipinski definition) is 4. The molecule has 0 bridgehead atoms. The molecule has 4 heteroatoms. The van der Waals surface area contributed by atoms with Crippen LogP contribution in [0.15, 0.2) is 200 Å². The van der Waals surface area contributed by atoms with Gasteiger partial charge in [0, 0.05) is 42.2 Å². The summed E-state index contributed by atoms with van der Waals surface area (Å²) in [6.07, 6.45) is 0. The zero-order valence-corrected chi connectivity index (χ0v) is 31.6. The number of thiophene rings is 1. The molecule has 0 aliphatic heterocycles. The van der Waals surface area contributed by atoms with E-state index in [1.54, 1.807) is 0 Å². The van der Waals surface area contributed by atoms with Gasteiger partial charge in [0.15, 0.2) is 17.5 Å². The topological polar surface area (TPSA) is 38.7 Å². The van der Waals surface area contributed by atoms with Crippen LogP contribution < -0.4 is 0 Å². The fourth-order valence-electron chi connectivity index (χ4n) is 8.18. The monoisotopic (exact) mass is 743 g/mol. The van der Waals surface area contributed by atoms with Gasteiger partial charge in [0.1, 0.15) is 0 Å². The van der Waals surface area contributed by atoms with Crippen LogP contribution in [-0.2, 0) is 0 Å². The minimum absolute atomic E-state index is 0.637. The van der Waals surface area contributed by atoms with Gasteiger partial charge in [0.2, 0.25) is 0 Å². The molecule has 0 saturated carbocycles. The van der Waals surface area contributed by atoms with E-state index in [1.165, 1.54) is 58.4 Å². The van der Waals surface area contributed by atoms with Crippen LogP contribution in [0.4, 0.5) is 0 Å². The van der Waals surface area contributed by atoms with E-state index in [0.29, 0.717) is 17.5 Å². The summed E-state index contributed by atoms with van der Waals surface area (Å²) in [5.41, 5.74) is 9.81. The standard InChI is InChI=1S/C53H33N3S/c1-3-14-34(15-4-1)35-28-30-37(31-29-35)52-54-51(36-16-5-2-6-17-36)55-53(56-52)41-21-12-19-39(33-41)38-18-11-20-40(32-38)42-26-13-27-47-48(42)49-45-24-9-7-22-43(45)44-23-8-10-25-46(44)50(49)57-47/h1-33H. The van der Waals surface area contributed by atoms with Crippen molar-refractivity contribution in [2.45, 2.75) is 0 Å². The van der Waals surface area contributed by atoms with E-state index in [0.717, 1.165) is 33.4 Å². The third-order valence-corrected chi connectivity index (χ3v) is 12.1. The predicted molar refractivity (Wildman–Crippen MR) is 240 cm³/mol.